The lowest BCUT2D eigenvalue weighted by molar-refractivity contribution is -0.137. The van der Waals surface area contributed by atoms with Gasteiger partial charge in [0, 0.05) is 23.3 Å². The van der Waals surface area contributed by atoms with Gasteiger partial charge in [-0.05, 0) is 67.0 Å². The van der Waals surface area contributed by atoms with Gasteiger partial charge in [-0.2, -0.15) is 13.2 Å². The number of hydrogen-bond acceptors (Lipinski definition) is 6. The summed E-state index contributed by atoms with van der Waals surface area (Å²) in [5.74, 6) is -0.303. The minimum atomic E-state index is -4.57. The number of nitrogens with zero attached hydrogens (tertiary/aromatic N) is 3. The second-order valence-corrected chi connectivity index (χ2v) is 11.2. The highest BCUT2D eigenvalue weighted by molar-refractivity contribution is 7.92. The van der Waals surface area contributed by atoms with Crippen molar-refractivity contribution >= 4 is 32.6 Å². The van der Waals surface area contributed by atoms with Gasteiger partial charge in [0.2, 0.25) is 0 Å². The number of esters is 1. The van der Waals surface area contributed by atoms with Gasteiger partial charge in [-0.1, -0.05) is 24.3 Å². The summed E-state index contributed by atoms with van der Waals surface area (Å²) in [6, 6.07) is 13.6. The van der Waals surface area contributed by atoms with Crippen LogP contribution in [0.5, 0.6) is 0 Å². The average Bonchev–Trinajstić information content (AvgIpc) is 3.75. The lowest BCUT2D eigenvalue weighted by atomic mass is 10.0. The van der Waals surface area contributed by atoms with E-state index in [1.54, 1.807) is 13.1 Å². The van der Waals surface area contributed by atoms with Crippen LogP contribution in [0, 0.1) is 6.92 Å². The number of benzene rings is 2. The Kier molecular flexibility index (Phi) is 6.79. The lowest BCUT2D eigenvalue weighted by Crippen LogP contribution is -2.33. The quantitative estimate of drug-likeness (QED) is 0.259. The Morgan fingerprint density at radius 3 is 2.41 bits per heavy atom. The Morgan fingerprint density at radius 1 is 1.05 bits per heavy atom. The predicted molar refractivity (Wildman–Crippen MR) is 139 cm³/mol. The average molecular weight is 556 g/mol. The van der Waals surface area contributed by atoms with Gasteiger partial charge in [0.05, 0.1) is 35.4 Å². The zero-order chi connectivity index (χ0) is 27.9. The third kappa shape index (κ3) is 5.18. The monoisotopic (exact) mass is 555 g/mol. The number of anilines is 1. The maximum atomic E-state index is 14.2. The SMILES string of the molecule is COC(=O)c1ccc(S(=O)(=O)N(Cc2ccc(C(F)(F)F)cn2)c2ncc3ccccc3c2C2CC2)cc1C. The number of carbonyl (C=O) groups is 1. The van der Waals surface area contributed by atoms with Crippen LogP contribution in [0.15, 0.2) is 71.9 Å². The number of carbonyl (C=O) groups excluding carboxylic acids is 1. The Morgan fingerprint density at radius 2 is 1.79 bits per heavy atom. The molecule has 2 aromatic heterocycles. The molecule has 39 heavy (non-hydrogen) atoms. The third-order valence-corrected chi connectivity index (χ3v) is 8.42. The fourth-order valence-electron chi connectivity index (χ4n) is 4.52. The van der Waals surface area contributed by atoms with E-state index in [-0.39, 0.29) is 34.4 Å². The molecule has 202 valence electrons. The van der Waals surface area contributed by atoms with E-state index in [1.807, 2.05) is 24.3 Å². The predicted octanol–water partition coefficient (Wildman–Crippen LogP) is 6.02. The van der Waals surface area contributed by atoms with Crippen LogP contribution in [0.2, 0.25) is 0 Å². The van der Waals surface area contributed by atoms with Crippen molar-refractivity contribution in [3.63, 3.8) is 0 Å². The molecule has 0 spiro atoms. The first-order chi connectivity index (χ1) is 18.5. The standard InChI is InChI=1S/C28H24F3N3O4S/c1-17-13-22(11-12-23(17)27(35)38-2)39(36,37)34(16-21-10-9-20(15-32-21)28(29,30)31)26-25(18-7-8-18)24-6-4-3-5-19(24)14-33-26/h3-6,9-15,18H,7-8,16H2,1-2H3. The summed E-state index contributed by atoms with van der Waals surface area (Å²) in [5.41, 5.74) is 0.564. The minimum absolute atomic E-state index is 0.0975. The topological polar surface area (TPSA) is 89.5 Å². The summed E-state index contributed by atoms with van der Waals surface area (Å²) in [4.78, 5) is 20.4. The molecular formula is C28H24F3N3O4S. The molecule has 0 atom stereocenters. The van der Waals surface area contributed by atoms with E-state index in [2.05, 4.69) is 9.97 Å². The first-order valence-electron chi connectivity index (χ1n) is 12.1. The number of alkyl halides is 3. The number of hydrogen-bond donors (Lipinski definition) is 0. The molecule has 0 unspecified atom stereocenters. The first kappa shape index (κ1) is 26.6. The first-order valence-corrected chi connectivity index (χ1v) is 13.6. The molecule has 0 N–H and O–H groups in total. The maximum absolute atomic E-state index is 14.2. The molecular weight excluding hydrogens is 531 g/mol. The second kappa shape index (κ2) is 9.96. The minimum Gasteiger partial charge on any atom is -0.465 e. The molecule has 2 aromatic carbocycles. The fourth-order valence-corrected chi connectivity index (χ4v) is 6.01. The number of halogens is 3. The number of methoxy groups -OCH3 is 1. The highest BCUT2D eigenvalue weighted by atomic mass is 32.2. The van der Waals surface area contributed by atoms with Crippen LogP contribution in [0.3, 0.4) is 0 Å². The Labute approximate surface area is 223 Å². The Bertz CT molecular complexity index is 1670. The molecule has 4 aromatic rings. The van der Waals surface area contributed by atoms with Crippen molar-refractivity contribution in [1.82, 2.24) is 9.97 Å². The van der Waals surface area contributed by atoms with Crippen LogP contribution in [0.1, 0.15) is 51.5 Å². The molecule has 0 amide bonds. The zero-order valence-corrected chi connectivity index (χ0v) is 21.9. The molecule has 2 heterocycles. The van der Waals surface area contributed by atoms with E-state index >= 15 is 0 Å². The van der Waals surface area contributed by atoms with Crippen molar-refractivity contribution in [2.24, 2.45) is 0 Å². The van der Waals surface area contributed by atoms with Crippen molar-refractivity contribution in [2.75, 3.05) is 11.4 Å². The molecule has 11 heteroatoms. The van der Waals surface area contributed by atoms with Gasteiger partial charge in [0.25, 0.3) is 10.0 Å². The molecule has 5 rings (SSSR count). The second-order valence-electron chi connectivity index (χ2n) is 9.37. The van der Waals surface area contributed by atoms with Crippen LogP contribution in [-0.4, -0.2) is 31.5 Å². The summed E-state index contributed by atoms with van der Waals surface area (Å²) in [7, 11) is -3.07. The van der Waals surface area contributed by atoms with Gasteiger partial charge in [-0.3, -0.25) is 4.98 Å². The van der Waals surface area contributed by atoms with E-state index in [0.29, 0.717) is 11.8 Å². The van der Waals surface area contributed by atoms with Crippen LogP contribution in [-0.2, 0) is 27.5 Å². The molecule has 1 fully saturated rings. The van der Waals surface area contributed by atoms with Gasteiger partial charge >= 0.3 is 12.1 Å². The third-order valence-electron chi connectivity index (χ3n) is 6.69. The van der Waals surface area contributed by atoms with Crippen LogP contribution in [0.4, 0.5) is 19.0 Å². The van der Waals surface area contributed by atoms with E-state index in [1.165, 1.54) is 25.3 Å². The Hall–Kier alpha value is -3.99. The molecule has 1 saturated carbocycles. The molecule has 0 saturated heterocycles. The normalized spacial score (nSPS) is 13.9. The molecule has 0 radical (unpaired) electrons. The smallest absolute Gasteiger partial charge is 0.417 e. The number of fused-ring (bicyclic) bond motifs is 1. The van der Waals surface area contributed by atoms with Gasteiger partial charge in [-0.25, -0.2) is 22.5 Å². The highest BCUT2D eigenvalue weighted by Gasteiger charge is 2.36. The summed E-state index contributed by atoms with van der Waals surface area (Å²) >= 11 is 0. The number of aryl methyl sites for hydroxylation is 1. The summed E-state index contributed by atoms with van der Waals surface area (Å²) < 4.78 is 73.5. The lowest BCUT2D eigenvalue weighted by Gasteiger charge is -2.26. The van der Waals surface area contributed by atoms with Gasteiger partial charge in [0.1, 0.15) is 5.82 Å². The maximum Gasteiger partial charge on any atom is 0.417 e. The Balaban J connectivity index is 1.66. The molecule has 1 aliphatic carbocycles. The van der Waals surface area contributed by atoms with Crippen molar-refractivity contribution in [3.05, 3.63) is 94.9 Å². The summed E-state index contributed by atoms with van der Waals surface area (Å²) in [6.45, 7) is 1.25. The molecule has 7 nitrogen and oxygen atoms in total. The number of pyridine rings is 2. The van der Waals surface area contributed by atoms with Crippen LogP contribution in [0.25, 0.3) is 10.8 Å². The van der Waals surface area contributed by atoms with E-state index < -0.39 is 27.7 Å². The number of aromatic nitrogens is 2. The highest BCUT2D eigenvalue weighted by Crippen LogP contribution is 2.48. The van der Waals surface area contributed by atoms with Crippen molar-refractivity contribution in [2.45, 2.75) is 43.3 Å². The fraction of sp³-hybridized carbons (Fsp3) is 0.250. The largest absolute Gasteiger partial charge is 0.465 e. The number of sulfonamides is 1. The van der Waals surface area contributed by atoms with Gasteiger partial charge < -0.3 is 4.74 Å². The van der Waals surface area contributed by atoms with Gasteiger partial charge in [0.15, 0.2) is 0 Å². The summed E-state index contributed by atoms with van der Waals surface area (Å²) in [5, 5.41) is 1.72. The number of rotatable bonds is 7. The molecule has 0 aliphatic heterocycles. The molecule has 0 bridgehead atoms. The van der Waals surface area contributed by atoms with Crippen LogP contribution < -0.4 is 4.31 Å². The van der Waals surface area contributed by atoms with Crippen molar-refractivity contribution in [1.29, 1.82) is 0 Å². The van der Waals surface area contributed by atoms with E-state index in [0.717, 1.165) is 45.6 Å². The summed E-state index contributed by atoms with van der Waals surface area (Å²) in [6.07, 6.45) is -0.574. The van der Waals surface area contributed by atoms with Crippen molar-refractivity contribution < 1.29 is 31.1 Å². The number of ether oxygens (including phenoxy) is 1. The van der Waals surface area contributed by atoms with E-state index in [4.69, 9.17) is 4.74 Å². The van der Waals surface area contributed by atoms with E-state index in [9.17, 15) is 26.4 Å². The van der Waals surface area contributed by atoms with Gasteiger partial charge in [-0.15, -0.1) is 0 Å². The zero-order valence-electron chi connectivity index (χ0n) is 21.1. The molecule has 1 aliphatic rings. The van der Waals surface area contributed by atoms with Crippen molar-refractivity contribution in [3.8, 4) is 0 Å². The van der Waals surface area contributed by atoms with Crippen LogP contribution >= 0.6 is 0 Å².